The van der Waals surface area contributed by atoms with E-state index in [1.54, 1.807) is 5.51 Å². The number of aromatic nitrogens is 4. The van der Waals surface area contributed by atoms with Crippen LogP contribution in [0.3, 0.4) is 0 Å². The summed E-state index contributed by atoms with van der Waals surface area (Å²) in [6, 6.07) is 1.81. The van der Waals surface area contributed by atoms with Crippen molar-refractivity contribution in [1.82, 2.24) is 25.0 Å². The molecule has 1 aliphatic rings. The maximum atomic E-state index is 13.2. The van der Waals surface area contributed by atoms with Gasteiger partial charge in [-0.3, -0.25) is 4.79 Å². The van der Waals surface area contributed by atoms with Gasteiger partial charge in [0.2, 0.25) is 0 Å². The van der Waals surface area contributed by atoms with Gasteiger partial charge in [0.25, 0.3) is 5.91 Å². The zero-order valence-electron chi connectivity index (χ0n) is 16.5. The lowest BCUT2D eigenvalue weighted by Gasteiger charge is -2.34. The summed E-state index contributed by atoms with van der Waals surface area (Å²) in [5.41, 5.74) is 5.87. The maximum absolute atomic E-state index is 13.2. The van der Waals surface area contributed by atoms with E-state index in [1.165, 1.54) is 11.3 Å². The van der Waals surface area contributed by atoms with Gasteiger partial charge in [-0.25, -0.2) is 15.0 Å². The molecule has 0 saturated carbocycles. The summed E-state index contributed by atoms with van der Waals surface area (Å²) in [7, 11) is 0. The van der Waals surface area contributed by atoms with Crippen LogP contribution in [-0.4, -0.2) is 37.5 Å². The number of hydrogen-bond donors (Lipinski definition) is 0. The molecule has 1 atom stereocenters. The molecule has 0 aromatic carbocycles. The maximum Gasteiger partial charge on any atom is 0.266 e. The molecule has 0 spiro atoms. The monoisotopic (exact) mass is 397 g/mol. The van der Waals surface area contributed by atoms with Gasteiger partial charge >= 0.3 is 0 Å². The van der Waals surface area contributed by atoms with Crippen LogP contribution in [0.5, 0.6) is 0 Å². The van der Waals surface area contributed by atoms with E-state index in [4.69, 9.17) is 14.5 Å². The van der Waals surface area contributed by atoms with Gasteiger partial charge in [0.05, 0.1) is 34.2 Å². The lowest BCUT2D eigenvalue weighted by atomic mass is 10.00. The van der Waals surface area contributed by atoms with Crippen LogP contribution >= 0.6 is 11.3 Å². The summed E-state index contributed by atoms with van der Waals surface area (Å²) in [6.07, 6.45) is 2.89. The summed E-state index contributed by atoms with van der Waals surface area (Å²) in [5.74, 6) is 1.44. The van der Waals surface area contributed by atoms with Crippen LogP contribution in [0, 0.1) is 27.7 Å². The number of hydrogen-bond acceptors (Lipinski definition) is 7. The second kappa shape index (κ2) is 7.43. The van der Waals surface area contributed by atoms with Gasteiger partial charge in [-0.15, -0.1) is 11.3 Å². The van der Waals surface area contributed by atoms with Crippen LogP contribution < -0.4 is 0 Å². The number of carbonyl (C=O) groups excluding carboxylic acids is 1. The Morgan fingerprint density at radius 1 is 1.18 bits per heavy atom. The third kappa shape index (κ3) is 3.32. The highest BCUT2D eigenvalue weighted by molar-refractivity contribution is 7.11. The fraction of sp³-hybridized carbons (Fsp3) is 0.450. The molecule has 3 aromatic rings. The molecule has 1 saturated heterocycles. The number of piperidine rings is 1. The smallest absolute Gasteiger partial charge is 0.266 e. The third-order valence-electron chi connectivity index (χ3n) is 5.16. The van der Waals surface area contributed by atoms with Crippen LogP contribution in [0.15, 0.2) is 16.1 Å². The zero-order chi connectivity index (χ0) is 19.8. The lowest BCUT2D eigenvalue weighted by Crippen LogP contribution is -2.39. The van der Waals surface area contributed by atoms with E-state index in [0.717, 1.165) is 53.4 Å². The van der Waals surface area contributed by atoms with E-state index in [0.29, 0.717) is 17.2 Å². The Morgan fingerprint density at radius 2 is 2.00 bits per heavy atom. The van der Waals surface area contributed by atoms with Crippen LogP contribution in [0.2, 0.25) is 0 Å². The van der Waals surface area contributed by atoms with Gasteiger partial charge in [-0.05, 0) is 53.0 Å². The van der Waals surface area contributed by atoms with Gasteiger partial charge in [0.15, 0.2) is 5.82 Å². The number of nitrogens with zero attached hydrogens (tertiary/aromatic N) is 5. The van der Waals surface area contributed by atoms with Gasteiger partial charge in [-0.1, -0.05) is 5.16 Å². The second-order valence-electron chi connectivity index (χ2n) is 7.23. The quantitative estimate of drug-likeness (QED) is 0.659. The summed E-state index contributed by atoms with van der Waals surface area (Å²) < 4.78 is 5.32. The summed E-state index contributed by atoms with van der Waals surface area (Å²) in [4.78, 5) is 29.6. The summed E-state index contributed by atoms with van der Waals surface area (Å²) in [5, 5.41) is 4.05. The highest BCUT2D eigenvalue weighted by atomic mass is 32.1. The van der Waals surface area contributed by atoms with Crippen LogP contribution in [0.4, 0.5) is 0 Å². The summed E-state index contributed by atoms with van der Waals surface area (Å²) in [6.45, 7) is 8.33. The molecule has 0 radical (unpaired) electrons. The average molecular weight is 398 g/mol. The Bertz CT molecular complexity index is 1010. The largest absolute Gasteiger partial charge is 0.361 e. The fourth-order valence-electron chi connectivity index (χ4n) is 3.80. The number of thiazole rings is 1. The van der Waals surface area contributed by atoms with Crippen molar-refractivity contribution < 1.29 is 9.32 Å². The number of amides is 1. The normalized spacial score (nSPS) is 17.1. The topological polar surface area (TPSA) is 85.0 Å². The highest BCUT2D eigenvalue weighted by Gasteiger charge is 2.32. The molecule has 0 bridgehead atoms. The molecule has 8 heteroatoms. The molecule has 28 heavy (non-hydrogen) atoms. The Balaban J connectivity index is 1.74. The molecular formula is C20H23N5O2S. The van der Waals surface area contributed by atoms with Crippen molar-refractivity contribution in [3.63, 3.8) is 0 Å². The second-order valence-corrected chi connectivity index (χ2v) is 8.08. The molecule has 146 valence electrons. The van der Waals surface area contributed by atoms with Gasteiger partial charge in [-0.2, -0.15) is 0 Å². The van der Waals surface area contributed by atoms with Crippen LogP contribution in [0.25, 0.3) is 11.3 Å². The van der Waals surface area contributed by atoms with Crippen molar-refractivity contribution in [2.45, 2.75) is 53.0 Å². The fourth-order valence-corrected chi connectivity index (χ4v) is 4.56. The predicted molar refractivity (Wildman–Crippen MR) is 106 cm³/mol. The standard InChI is InChI=1S/C20H23N5O2S/c1-11-9-15(17-12(2)24-27-14(17)4)23-19(22-11)16-7-5-6-8-25(16)20(26)18-13(3)21-10-28-18/h9-10,16H,5-8H2,1-4H3. The molecule has 1 aliphatic heterocycles. The van der Waals surface area contributed by atoms with Crippen molar-refractivity contribution in [2.24, 2.45) is 0 Å². The van der Waals surface area contributed by atoms with E-state index in [1.807, 2.05) is 38.7 Å². The molecule has 1 fully saturated rings. The minimum absolute atomic E-state index is 0.0219. The molecule has 0 N–H and O–H groups in total. The van der Waals surface area contributed by atoms with E-state index in [-0.39, 0.29) is 11.9 Å². The highest BCUT2D eigenvalue weighted by Crippen LogP contribution is 2.33. The first-order valence-electron chi connectivity index (χ1n) is 9.45. The minimum Gasteiger partial charge on any atom is -0.361 e. The molecule has 1 unspecified atom stereocenters. The molecule has 7 nitrogen and oxygen atoms in total. The number of carbonyl (C=O) groups is 1. The molecule has 3 aromatic heterocycles. The van der Waals surface area contributed by atoms with E-state index >= 15 is 0 Å². The minimum atomic E-state index is -0.137. The third-order valence-corrected chi connectivity index (χ3v) is 6.08. The lowest BCUT2D eigenvalue weighted by molar-refractivity contribution is 0.0604. The van der Waals surface area contributed by atoms with E-state index in [2.05, 4.69) is 10.1 Å². The van der Waals surface area contributed by atoms with E-state index < -0.39 is 0 Å². The Kier molecular flexibility index (Phi) is 4.97. The molecule has 0 aliphatic carbocycles. The first-order chi connectivity index (χ1) is 13.5. The van der Waals surface area contributed by atoms with Crippen molar-refractivity contribution in [2.75, 3.05) is 6.54 Å². The SMILES string of the molecule is Cc1cc(-c2c(C)noc2C)nc(C2CCCCN2C(=O)c2scnc2C)n1. The molecule has 1 amide bonds. The Labute approximate surface area is 167 Å². The first kappa shape index (κ1) is 18.7. The van der Waals surface area contributed by atoms with Crippen molar-refractivity contribution >= 4 is 17.2 Å². The molecule has 4 heterocycles. The Morgan fingerprint density at radius 3 is 2.68 bits per heavy atom. The van der Waals surface area contributed by atoms with Crippen LogP contribution in [0.1, 0.15) is 63.6 Å². The van der Waals surface area contributed by atoms with Crippen molar-refractivity contribution in [3.8, 4) is 11.3 Å². The van der Waals surface area contributed by atoms with E-state index in [9.17, 15) is 4.79 Å². The predicted octanol–water partition coefficient (Wildman–Crippen LogP) is 4.19. The van der Waals surface area contributed by atoms with Crippen molar-refractivity contribution in [1.29, 1.82) is 0 Å². The Hall–Kier alpha value is -2.61. The van der Waals surface area contributed by atoms with Gasteiger partial charge in [0.1, 0.15) is 10.6 Å². The van der Waals surface area contributed by atoms with Gasteiger partial charge in [0, 0.05) is 12.2 Å². The van der Waals surface area contributed by atoms with Gasteiger partial charge < -0.3 is 9.42 Å². The first-order valence-corrected chi connectivity index (χ1v) is 10.3. The molecule has 4 rings (SSSR count). The average Bonchev–Trinajstić information content (AvgIpc) is 3.25. The van der Waals surface area contributed by atoms with Crippen molar-refractivity contribution in [3.05, 3.63) is 45.1 Å². The number of aryl methyl sites for hydroxylation is 4. The number of likely N-dealkylation sites (tertiary alicyclic amines) is 1. The number of rotatable bonds is 3. The molecular weight excluding hydrogens is 374 g/mol. The summed E-state index contributed by atoms with van der Waals surface area (Å²) >= 11 is 1.39. The zero-order valence-corrected chi connectivity index (χ0v) is 17.3. The van der Waals surface area contributed by atoms with Crippen LogP contribution in [-0.2, 0) is 0 Å².